The van der Waals surface area contributed by atoms with Crippen LogP contribution in [-0.2, 0) is 33.7 Å². The first-order valence-electron chi connectivity index (χ1n) is 41.6. The first-order chi connectivity index (χ1) is 62.6. The highest BCUT2D eigenvalue weighted by Gasteiger charge is 2.29. The summed E-state index contributed by atoms with van der Waals surface area (Å²) in [6, 6.07) is 47.0. The number of carbonyl (C=O) groups is 1. The van der Waals surface area contributed by atoms with Crippen molar-refractivity contribution in [3.63, 3.8) is 0 Å². The third kappa shape index (κ3) is 29.5. The van der Waals surface area contributed by atoms with Gasteiger partial charge in [0.2, 0.25) is 0 Å². The van der Waals surface area contributed by atoms with Crippen molar-refractivity contribution in [2.75, 3.05) is 70.1 Å². The van der Waals surface area contributed by atoms with E-state index in [1.165, 1.54) is 24.2 Å². The van der Waals surface area contributed by atoms with Gasteiger partial charge in [-0.1, -0.05) is 127 Å². The molecule has 0 spiro atoms. The number of halogens is 6. The van der Waals surface area contributed by atoms with Crippen molar-refractivity contribution in [1.29, 1.82) is 0 Å². The Labute approximate surface area is 765 Å². The van der Waals surface area contributed by atoms with Crippen molar-refractivity contribution in [3.05, 3.63) is 281 Å². The van der Waals surface area contributed by atoms with E-state index in [1.807, 2.05) is 253 Å². The van der Waals surface area contributed by atoms with E-state index in [2.05, 4.69) is 51.8 Å². The molecule has 7 heterocycles. The topological polar surface area (TPSA) is 254 Å². The summed E-state index contributed by atoms with van der Waals surface area (Å²) in [7, 11) is 16.9. The summed E-state index contributed by atoms with van der Waals surface area (Å²) >= 11 is 1.62. The van der Waals surface area contributed by atoms with Crippen molar-refractivity contribution in [3.8, 4) is 123 Å². The molecule has 8 aromatic carbocycles. The van der Waals surface area contributed by atoms with Gasteiger partial charge in [0.1, 0.15) is 71.6 Å². The summed E-state index contributed by atoms with van der Waals surface area (Å²) in [5.74, 6) is 7.17. The van der Waals surface area contributed by atoms with Crippen LogP contribution in [0.2, 0.25) is 0 Å². The molecule has 0 saturated carbocycles. The standard InChI is InChI=1S/C14H21NO3.C13H13F3N2O.C13H14F2N2O.C13H15FN2O.3C12H14N2O.C11H11NOS/c1-10-6-5-7-11(12(10)18-4)13(16)15-9-8-14(2,3)17;1-9-4-3-5-11(12(9)19-2)10-6-17-18(7-10)8-13(14,15)16;1-9-4-3-5-11(13(9)18-2)10-6-16-17(7-10)8-12(14)15;1-10-4-3-5-12(13(10)17-2)11-8-15-16(9-11)7-6-14;2*1-9-5-4-6-11(12(9)15-3)10-7-13-14(2)8-10;1-8-5-4-6-10(11(8)15-3)12-13-7-9(2)14-12;1-8-4-3-5-9(11(8)13-2)10-6-12-7-14-10/h5-7,17H,8-9H2,1-4H3,(H,15,16);3-7H,8H2,1-2H3;3-7,12H,8H2,1-2H3;3-5,8-9H,6-7H2,1-2H3;2*4-8H,1-3H3;4-7H,1-3H3,(H,13,14);3-7H,1-2H3. The molecule has 694 valence electrons. The molecule has 131 heavy (non-hydrogen) atoms. The van der Waals surface area contributed by atoms with Crippen LogP contribution in [0, 0.1) is 62.3 Å². The molecule has 0 aliphatic carbocycles. The minimum absolute atomic E-state index is 0.181. The van der Waals surface area contributed by atoms with Crippen LogP contribution in [0.5, 0.6) is 46.0 Å². The summed E-state index contributed by atoms with van der Waals surface area (Å²) < 4.78 is 124. The normalized spacial score (nSPS) is 10.7. The summed E-state index contributed by atoms with van der Waals surface area (Å²) in [4.78, 5) is 24.7. The molecular weight excluding hydrogens is 1700 g/mol. The van der Waals surface area contributed by atoms with Gasteiger partial charge < -0.3 is 53.3 Å². The Kier molecular flexibility index (Phi) is 38.8. The van der Waals surface area contributed by atoms with Crippen LogP contribution in [-0.4, -0.2) is 163 Å². The minimum Gasteiger partial charge on any atom is -0.496 e. The van der Waals surface area contributed by atoms with Gasteiger partial charge in [-0.25, -0.2) is 18.2 Å². The highest BCUT2D eigenvalue weighted by Crippen LogP contribution is 2.40. The minimum atomic E-state index is -4.28. The number of ether oxygens (including phenoxy) is 8. The zero-order chi connectivity index (χ0) is 95.7. The number of aryl methyl sites for hydroxylation is 12. The fourth-order valence-corrected chi connectivity index (χ4v) is 14.6. The molecule has 7 aromatic heterocycles. The quantitative estimate of drug-likeness (QED) is 0.0475. The molecule has 1 amide bonds. The zero-order valence-corrected chi connectivity index (χ0v) is 78.7. The fraction of sp³-hybridized carbons (Fsp3) is 0.300. The molecule has 0 unspecified atom stereocenters. The van der Waals surface area contributed by atoms with Crippen molar-refractivity contribution < 1.29 is 74.1 Å². The number of aliphatic hydroxyl groups is 1. The first kappa shape index (κ1) is 102. The third-order valence-corrected chi connectivity index (χ3v) is 20.9. The Hall–Kier alpha value is -13.9. The highest BCUT2D eigenvalue weighted by molar-refractivity contribution is 7.13. The molecule has 0 aliphatic rings. The van der Waals surface area contributed by atoms with Crippen LogP contribution in [0.15, 0.2) is 225 Å². The maximum Gasteiger partial charge on any atom is 0.408 e. The second-order valence-electron chi connectivity index (χ2n) is 30.7. The number of alkyl halides is 6. The molecule has 15 rings (SSSR count). The molecule has 3 N–H and O–H groups in total. The third-order valence-electron chi connectivity index (χ3n) is 20.1. The van der Waals surface area contributed by atoms with Crippen molar-refractivity contribution in [1.82, 2.24) is 69.2 Å². The average Bonchev–Trinajstić information content (AvgIpc) is 1.61. The molecule has 0 radical (unpaired) electrons. The lowest BCUT2D eigenvalue weighted by atomic mass is 10.1. The zero-order valence-electron chi connectivity index (χ0n) is 77.8. The average molecular weight is 1820 g/mol. The molecule has 31 heteroatoms. The number of thiazole rings is 1. The Morgan fingerprint density at radius 3 is 1.10 bits per heavy atom. The summed E-state index contributed by atoms with van der Waals surface area (Å²) in [5.41, 5.74) is 22.4. The van der Waals surface area contributed by atoms with Gasteiger partial charge in [-0.3, -0.25) is 33.2 Å². The van der Waals surface area contributed by atoms with Crippen molar-refractivity contribution in [2.24, 2.45) is 14.1 Å². The molecule has 0 aliphatic heterocycles. The van der Waals surface area contributed by atoms with E-state index in [9.17, 15) is 36.2 Å². The van der Waals surface area contributed by atoms with Crippen LogP contribution in [0.25, 0.3) is 77.5 Å². The van der Waals surface area contributed by atoms with E-state index in [1.54, 1.807) is 120 Å². The number of methoxy groups -OCH3 is 8. The number of carbonyl (C=O) groups excluding carboxylic acids is 1. The number of aromatic nitrogens is 13. The van der Waals surface area contributed by atoms with Gasteiger partial charge in [0.15, 0.2) is 0 Å². The Balaban J connectivity index is 0.000000185. The van der Waals surface area contributed by atoms with Gasteiger partial charge in [0.25, 0.3) is 12.3 Å². The Morgan fingerprint density at radius 1 is 0.435 bits per heavy atom. The Bertz CT molecular complexity index is 5870. The van der Waals surface area contributed by atoms with Gasteiger partial charge in [-0.05, 0) is 145 Å². The summed E-state index contributed by atoms with van der Waals surface area (Å²) in [6.07, 6.45) is 14.7. The molecule has 0 saturated heterocycles. The van der Waals surface area contributed by atoms with Crippen molar-refractivity contribution in [2.45, 2.75) is 120 Å². The lowest BCUT2D eigenvalue weighted by Crippen LogP contribution is -2.31. The highest BCUT2D eigenvalue weighted by atomic mass is 32.1. The van der Waals surface area contributed by atoms with Crippen molar-refractivity contribution >= 4 is 17.2 Å². The summed E-state index contributed by atoms with van der Waals surface area (Å²) in [6.45, 7) is 20.1. The number of para-hydroxylation sites is 8. The maximum absolute atomic E-state index is 12.3. The monoisotopic (exact) mass is 1820 g/mol. The van der Waals surface area contributed by atoms with Crippen LogP contribution in [0.1, 0.15) is 80.8 Å². The van der Waals surface area contributed by atoms with E-state index in [4.69, 9.17) is 37.9 Å². The number of nitrogens with one attached hydrogen (secondary N) is 2. The second kappa shape index (κ2) is 49.6. The molecular formula is C100H116F6N14O10S. The number of nitrogens with zero attached hydrogens (tertiary/aromatic N) is 12. The molecule has 0 atom stereocenters. The van der Waals surface area contributed by atoms with Crippen LogP contribution < -0.4 is 43.2 Å². The number of benzene rings is 8. The summed E-state index contributed by atoms with van der Waals surface area (Å²) in [5, 5.41) is 32.4. The number of H-pyrrole nitrogens is 1. The van der Waals surface area contributed by atoms with Gasteiger partial charge >= 0.3 is 6.18 Å². The van der Waals surface area contributed by atoms with Gasteiger partial charge in [-0.2, -0.15) is 38.7 Å². The smallest absolute Gasteiger partial charge is 0.408 e. The predicted octanol–water partition coefficient (Wildman–Crippen LogP) is 21.9. The SMILES string of the molecule is COc1c(C)cccc1-c1cncs1.COc1c(C)cccc1-c1cnn(C)c1.COc1c(C)cccc1-c1cnn(C)c1.COc1c(C)cccc1-c1cnn(CC(F)(F)F)c1.COc1c(C)cccc1-c1cnn(CC(F)F)c1.COc1c(C)cccc1-c1cnn(CCF)c1.COc1c(C)cccc1-c1ncc(C)[nH]1.COc1c(C)cccc1C(=O)NCCC(C)(C)O. The van der Waals surface area contributed by atoms with Gasteiger partial charge in [-0.15, -0.1) is 11.3 Å². The molecule has 0 fully saturated rings. The first-order valence-corrected chi connectivity index (χ1v) is 42.5. The largest absolute Gasteiger partial charge is 0.496 e. The van der Waals surface area contributed by atoms with E-state index in [0.717, 1.165) is 161 Å². The Morgan fingerprint density at radius 2 is 0.763 bits per heavy atom. The predicted molar refractivity (Wildman–Crippen MR) is 505 cm³/mol. The number of imidazole rings is 1. The van der Waals surface area contributed by atoms with Crippen LogP contribution in [0.4, 0.5) is 26.3 Å². The molecule has 0 bridgehead atoms. The number of rotatable bonds is 24. The number of hydrogen-bond donors (Lipinski definition) is 3. The van der Waals surface area contributed by atoms with E-state index in [0.29, 0.717) is 35.6 Å². The lowest BCUT2D eigenvalue weighted by Gasteiger charge is -2.17. The lowest BCUT2D eigenvalue weighted by molar-refractivity contribution is -0.142. The number of hydrogen-bond acceptors (Lipinski definition) is 18. The molecule has 24 nitrogen and oxygen atoms in total. The van der Waals surface area contributed by atoms with E-state index >= 15 is 0 Å². The van der Waals surface area contributed by atoms with Gasteiger partial charge in [0.05, 0.1) is 122 Å². The maximum atomic E-state index is 12.3. The van der Waals surface area contributed by atoms with Gasteiger partial charge in [0, 0.05) is 131 Å². The fourth-order valence-electron chi connectivity index (χ4n) is 13.9. The van der Waals surface area contributed by atoms with E-state index < -0.39 is 38.0 Å². The number of amides is 1. The molecule has 15 aromatic rings. The number of aromatic amines is 1. The van der Waals surface area contributed by atoms with E-state index in [-0.39, 0.29) is 12.5 Å². The van der Waals surface area contributed by atoms with Crippen LogP contribution in [0.3, 0.4) is 0 Å². The second-order valence-corrected chi connectivity index (χ2v) is 31.6. The van der Waals surface area contributed by atoms with Crippen LogP contribution >= 0.6 is 11.3 Å².